The van der Waals surface area contributed by atoms with Crippen molar-refractivity contribution in [3.63, 3.8) is 0 Å². The third-order valence-corrected chi connectivity index (χ3v) is 7.95. The Morgan fingerprint density at radius 1 is 1.15 bits per heavy atom. The van der Waals surface area contributed by atoms with Crippen molar-refractivity contribution in [1.82, 2.24) is 9.88 Å². The highest BCUT2D eigenvalue weighted by atomic mass is 32.2. The van der Waals surface area contributed by atoms with Gasteiger partial charge in [-0.1, -0.05) is 18.2 Å². The number of para-hydroxylation sites is 1. The second kappa shape index (κ2) is 11.1. The number of hydrogen-bond donors (Lipinski definition) is 1. The Morgan fingerprint density at radius 2 is 1.91 bits per heavy atom. The first-order valence-corrected chi connectivity index (χ1v) is 13.4. The van der Waals surface area contributed by atoms with Crippen LogP contribution in [0.25, 0.3) is 0 Å². The van der Waals surface area contributed by atoms with Crippen LogP contribution in [-0.2, 0) is 4.79 Å². The Kier molecular flexibility index (Phi) is 7.90. The summed E-state index contributed by atoms with van der Waals surface area (Å²) in [7, 11) is 0. The lowest BCUT2D eigenvalue weighted by atomic mass is 9.97. The molecule has 4 rings (SSSR count). The summed E-state index contributed by atoms with van der Waals surface area (Å²) in [5, 5.41) is 5.75. The molecule has 0 saturated carbocycles. The molecule has 0 atom stereocenters. The quantitative estimate of drug-likeness (QED) is 0.437. The molecule has 1 aliphatic heterocycles. The Labute approximate surface area is 208 Å². The van der Waals surface area contributed by atoms with Crippen LogP contribution in [0.1, 0.15) is 45.4 Å². The van der Waals surface area contributed by atoms with Crippen molar-refractivity contribution in [1.29, 1.82) is 0 Å². The van der Waals surface area contributed by atoms with Gasteiger partial charge in [-0.3, -0.25) is 9.59 Å². The number of amides is 2. The second-order valence-electron chi connectivity index (χ2n) is 8.42. The van der Waals surface area contributed by atoms with Crippen LogP contribution in [0.15, 0.2) is 52.7 Å². The number of ether oxygens (including phenoxy) is 1. The van der Waals surface area contributed by atoms with Gasteiger partial charge in [-0.25, -0.2) is 4.98 Å². The summed E-state index contributed by atoms with van der Waals surface area (Å²) in [6.07, 6.45) is 3.65. The number of rotatable bonds is 7. The van der Waals surface area contributed by atoms with E-state index in [9.17, 15) is 9.59 Å². The van der Waals surface area contributed by atoms with E-state index in [-0.39, 0.29) is 24.3 Å². The molecule has 0 spiro atoms. The number of carbonyl (C=O) groups is 2. The predicted molar refractivity (Wildman–Crippen MR) is 138 cm³/mol. The number of anilines is 1. The molecule has 3 aromatic rings. The first-order valence-electron chi connectivity index (χ1n) is 11.3. The summed E-state index contributed by atoms with van der Waals surface area (Å²) >= 11 is 3.11. The number of nitrogens with one attached hydrogen (secondary N) is 1. The summed E-state index contributed by atoms with van der Waals surface area (Å²) in [6.45, 7) is 5.47. The standard InChI is InChI=1S/C26H29N3O3S2/c1-17-8-9-20(14-18(17)2)32-15-24(30)29-12-10-19(11-13-29)26-28-22(16-34-26)25(31)27-21-6-4-5-7-23(21)33-3/h4-9,14,16,19H,10-13,15H2,1-3H3,(H,27,31). The van der Waals surface area contributed by atoms with Gasteiger partial charge in [0.15, 0.2) is 6.61 Å². The van der Waals surface area contributed by atoms with Gasteiger partial charge >= 0.3 is 0 Å². The van der Waals surface area contributed by atoms with Crippen LogP contribution in [0, 0.1) is 13.8 Å². The van der Waals surface area contributed by atoms with Crippen LogP contribution in [0.2, 0.25) is 0 Å². The molecule has 1 aliphatic rings. The SMILES string of the molecule is CSc1ccccc1NC(=O)c1csc(C2CCN(C(=O)COc3ccc(C)c(C)c3)CC2)n1. The summed E-state index contributed by atoms with van der Waals surface area (Å²) in [6, 6.07) is 13.6. The minimum absolute atomic E-state index is 0.00310. The molecule has 178 valence electrons. The van der Waals surface area contributed by atoms with Gasteiger partial charge in [0.1, 0.15) is 11.4 Å². The molecule has 1 aromatic heterocycles. The smallest absolute Gasteiger partial charge is 0.275 e. The summed E-state index contributed by atoms with van der Waals surface area (Å²) in [5.74, 6) is 0.790. The monoisotopic (exact) mass is 495 g/mol. The molecule has 0 bridgehead atoms. The summed E-state index contributed by atoms with van der Waals surface area (Å²) in [4.78, 5) is 32.8. The molecular formula is C26H29N3O3S2. The van der Waals surface area contributed by atoms with Crippen molar-refractivity contribution in [3.8, 4) is 5.75 Å². The van der Waals surface area contributed by atoms with Gasteiger partial charge < -0.3 is 15.0 Å². The average molecular weight is 496 g/mol. The van der Waals surface area contributed by atoms with Crippen LogP contribution < -0.4 is 10.1 Å². The Morgan fingerprint density at radius 3 is 2.65 bits per heavy atom. The Bertz CT molecular complexity index is 1170. The molecule has 2 amide bonds. The largest absolute Gasteiger partial charge is 0.484 e. The zero-order chi connectivity index (χ0) is 24.1. The van der Waals surface area contributed by atoms with Gasteiger partial charge in [-0.15, -0.1) is 23.1 Å². The highest BCUT2D eigenvalue weighted by Crippen LogP contribution is 2.31. The van der Waals surface area contributed by atoms with Crippen molar-refractivity contribution in [3.05, 3.63) is 69.7 Å². The maximum Gasteiger partial charge on any atom is 0.275 e. The highest BCUT2D eigenvalue weighted by Gasteiger charge is 2.26. The van der Waals surface area contributed by atoms with E-state index in [1.165, 1.54) is 16.9 Å². The van der Waals surface area contributed by atoms with Gasteiger partial charge in [0.25, 0.3) is 11.8 Å². The lowest BCUT2D eigenvalue weighted by Crippen LogP contribution is -2.40. The van der Waals surface area contributed by atoms with Gasteiger partial charge in [-0.2, -0.15) is 0 Å². The topological polar surface area (TPSA) is 71.5 Å². The fourth-order valence-corrected chi connectivity index (χ4v) is 5.45. The Hall–Kier alpha value is -2.84. The number of likely N-dealkylation sites (tertiary alicyclic amines) is 1. The van der Waals surface area contributed by atoms with E-state index in [1.54, 1.807) is 11.8 Å². The van der Waals surface area contributed by atoms with Crippen molar-refractivity contribution >= 4 is 40.6 Å². The molecule has 1 fully saturated rings. The normalized spacial score (nSPS) is 14.1. The van der Waals surface area contributed by atoms with Gasteiger partial charge in [0, 0.05) is 29.3 Å². The number of aryl methyl sites for hydroxylation is 2. The van der Waals surface area contributed by atoms with E-state index < -0.39 is 0 Å². The Balaban J connectivity index is 1.28. The van der Waals surface area contributed by atoms with E-state index in [0.29, 0.717) is 18.8 Å². The van der Waals surface area contributed by atoms with Crippen LogP contribution in [0.4, 0.5) is 5.69 Å². The highest BCUT2D eigenvalue weighted by molar-refractivity contribution is 7.98. The molecule has 0 aliphatic carbocycles. The van der Waals surface area contributed by atoms with E-state index in [0.717, 1.165) is 39.7 Å². The number of nitrogens with zero attached hydrogens (tertiary/aromatic N) is 2. The minimum Gasteiger partial charge on any atom is -0.484 e. The fraction of sp³-hybridized carbons (Fsp3) is 0.346. The zero-order valence-electron chi connectivity index (χ0n) is 19.7. The van der Waals surface area contributed by atoms with Crippen LogP contribution in [0.5, 0.6) is 5.75 Å². The average Bonchev–Trinajstić information content (AvgIpc) is 3.35. The molecule has 6 nitrogen and oxygen atoms in total. The number of hydrogen-bond acceptors (Lipinski definition) is 6. The molecule has 1 saturated heterocycles. The maximum absolute atomic E-state index is 12.7. The summed E-state index contributed by atoms with van der Waals surface area (Å²) in [5.41, 5.74) is 3.59. The van der Waals surface area contributed by atoms with Gasteiger partial charge in [0.05, 0.1) is 10.7 Å². The predicted octanol–water partition coefficient (Wildman–Crippen LogP) is 5.52. The van der Waals surface area contributed by atoms with E-state index in [1.807, 2.05) is 65.9 Å². The van der Waals surface area contributed by atoms with Crippen LogP contribution >= 0.6 is 23.1 Å². The molecule has 8 heteroatoms. The first-order chi connectivity index (χ1) is 16.4. The lowest BCUT2D eigenvalue weighted by Gasteiger charge is -2.31. The van der Waals surface area contributed by atoms with Crippen LogP contribution in [0.3, 0.4) is 0 Å². The van der Waals surface area contributed by atoms with E-state index >= 15 is 0 Å². The molecular weight excluding hydrogens is 466 g/mol. The lowest BCUT2D eigenvalue weighted by molar-refractivity contribution is -0.134. The van der Waals surface area contributed by atoms with Crippen molar-refractivity contribution in [2.24, 2.45) is 0 Å². The molecule has 2 heterocycles. The molecule has 0 unspecified atom stereocenters. The number of benzene rings is 2. The fourth-order valence-electron chi connectivity index (χ4n) is 3.93. The van der Waals surface area contributed by atoms with Crippen molar-refractivity contribution in [2.75, 3.05) is 31.3 Å². The third-order valence-electron chi connectivity index (χ3n) is 6.15. The molecule has 2 aromatic carbocycles. The molecule has 1 N–H and O–H groups in total. The minimum atomic E-state index is -0.194. The molecule has 0 radical (unpaired) electrons. The second-order valence-corrected chi connectivity index (χ2v) is 10.2. The third kappa shape index (κ3) is 5.80. The number of piperidine rings is 1. The van der Waals surface area contributed by atoms with E-state index in [2.05, 4.69) is 17.2 Å². The first kappa shape index (κ1) is 24.3. The zero-order valence-corrected chi connectivity index (χ0v) is 21.3. The van der Waals surface area contributed by atoms with Crippen LogP contribution in [-0.4, -0.2) is 47.7 Å². The maximum atomic E-state index is 12.7. The van der Waals surface area contributed by atoms with Gasteiger partial charge in [-0.05, 0) is 68.3 Å². The summed E-state index contributed by atoms with van der Waals surface area (Å²) < 4.78 is 5.72. The van der Waals surface area contributed by atoms with Crippen molar-refractivity contribution < 1.29 is 14.3 Å². The van der Waals surface area contributed by atoms with Crippen molar-refractivity contribution in [2.45, 2.75) is 37.5 Å². The number of thiazole rings is 1. The number of thioether (sulfide) groups is 1. The number of carbonyl (C=O) groups excluding carboxylic acids is 2. The number of aromatic nitrogens is 1. The van der Waals surface area contributed by atoms with E-state index in [4.69, 9.17) is 4.74 Å². The molecule has 34 heavy (non-hydrogen) atoms. The van der Waals surface area contributed by atoms with Gasteiger partial charge in [0.2, 0.25) is 0 Å².